The Bertz CT molecular complexity index is 794. The van der Waals surface area contributed by atoms with Gasteiger partial charge in [0, 0.05) is 12.6 Å². The first-order valence-electron chi connectivity index (χ1n) is 9.43. The highest BCUT2D eigenvalue weighted by Gasteiger charge is 2.36. The lowest BCUT2D eigenvalue weighted by Crippen LogP contribution is -2.29. The van der Waals surface area contributed by atoms with Crippen molar-refractivity contribution in [1.29, 1.82) is 0 Å². The molecule has 0 heterocycles. The maximum Gasteiger partial charge on any atom is 0.251 e. The Morgan fingerprint density at radius 3 is 2.38 bits per heavy atom. The molecule has 3 fully saturated rings. The first kappa shape index (κ1) is 17.1. The van der Waals surface area contributed by atoms with Gasteiger partial charge in [-0.2, -0.15) is 0 Å². The van der Waals surface area contributed by atoms with Crippen LogP contribution in [0.1, 0.15) is 53.9 Å². The van der Waals surface area contributed by atoms with Crippen LogP contribution in [0, 0.1) is 17.7 Å². The molecule has 1 N–H and O–H groups in total. The van der Waals surface area contributed by atoms with Gasteiger partial charge in [0.15, 0.2) is 11.6 Å². The second kappa shape index (κ2) is 7.10. The van der Waals surface area contributed by atoms with E-state index >= 15 is 0 Å². The third kappa shape index (κ3) is 3.33. The van der Waals surface area contributed by atoms with Gasteiger partial charge in [-0.05, 0) is 72.9 Å². The molecular formula is C22H24FNO2. The summed E-state index contributed by atoms with van der Waals surface area (Å²) in [5.41, 5.74) is 1.65. The number of hydrogen-bond donors (Lipinski definition) is 1. The van der Waals surface area contributed by atoms with Crippen molar-refractivity contribution in [3.63, 3.8) is 0 Å². The van der Waals surface area contributed by atoms with E-state index in [1.807, 2.05) is 12.1 Å². The van der Waals surface area contributed by atoms with Gasteiger partial charge in [0.25, 0.3) is 5.91 Å². The second-order valence-corrected chi connectivity index (χ2v) is 7.52. The first-order valence-corrected chi connectivity index (χ1v) is 9.43. The first-order chi connectivity index (χ1) is 12.6. The van der Waals surface area contributed by atoms with E-state index < -0.39 is 5.82 Å². The van der Waals surface area contributed by atoms with E-state index in [4.69, 9.17) is 4.74 Å². The van der Waals surface area contributed by atoms with E-state index in [-0.39, 0.29) is 17.2 Å². The summed E-state index contributed by atoms with van der Waals surface area (Å²) in [5, 5.41) is 2.48. The minimum absolute atomic E-state index is 0.127. The molecule has 136 valence electrons. The predicted molar refractivity (Wildman–Crippen MR) is 99.1 cm³/mol. The molecule has 0 saturated heterocycles. The minimum atomic E-state index is -0.542. The van der Waals surface area contributed by atoms with Gasteiger partial charge in [-0.25, -0.2) is 4.39 Å². The normalized spacial score (nSPS) is 24.3. The summed E-state index contributed by atoms with van der Waals surface area (Å²) in [6.45, 7) is 0. The number of nitrogens with one attached hydrogen (secondary N) is 1. The van der Waals surface area contributed by atoms with Gasteiger partial charge in [0.2, 0.25) is 0 Å². The molecule has 0 aliphatic heterocycles. The monoisotopic (exact) mass is 353 g/mol. The molecule has 3 saturated carbocycles. The summed E-state index contributed by atoms with van der Waals surface area (Å²) in [4.78, 5) is 11.6. The molecule has 2 aromatic rings. The van der Waals surface area contributed by atoms with Crippen molar-refractivity contribution in [3.8, 4) is 11.5 Å². The molecule has 3 nitrogen and oxygen atoms in total. The molecule has 0 spiro atoms. The zero-order valence-corrected chi connectivity index (χ0v) is 15.0. The van der Waals surface area contributed by atoms with E-state index in [2.05, 4.69) is 17.4 Å². The van der Waals surface area contributed by atoms with Crippen molar-refractivity contribution >= 4 is 5.91 Å². The van der Waals surface area contributed by atoms with E-state index in [0.29, 0.717) is 11.7 Å². The Kier molecular flexibility index (Phi) is 4.66. The Hall–Kier alpha value is -2.36. The average molecular weight is 353 g/mol. The molecular weight excluding hydrogens is 329 g/mol. The number of carbonyl (C=O) groups is 1. The summed E-state index contributed by atoms with van der Waals surface area (Å²) in [5.74, 6) is 2.26. The largest absolute Gasteiger partial charge is 0.454 e. The number of fused-ring (bicyclic) bond motifs is 3. The zero-order valence-electron chi connectivity index (χ0n) is 15.0. The molecule has 1 amide bonds. The number of benzene rings is 2. The summed E-state index contributed by atoms with van der Waals surface area (Å²) in [6.07, 6.45) is 6.81. The van der Waals surface area contributed by atoms with Crippen LogP contribution in [0.25, 0.3) is 0 Å². The molecule has 0 aromatic heterocycles. The van der Waals surface area contributed by atoms with Crippen molar-refractivity contribution < 1.29 is 13.9 Å². The lowest BCUT2D eigenvalue weighted by atomic mass is 9.63. The Labute approximate surface area is 153 Å². The van der Waals surface area contributed by atoms with Crippen LogP contribution in [0.2, 0.25) is 0 Å². The fourth-order valence-corrected chi connectivity index (χ4v) is 4.57. The third-order valence-corrected chi connectivity index (χ3v) is 6.00. The fourth-order valence-electron chi connectivity index (χ4n) is 4.57. The van der Waals surface area contributed by atoms with Crippen molar-refractivity contribution in [2.24, 2.45) is 11.8 Å². The van der Waals surface area contributed by atoms with Crippen LogP contribution in [0.4, 0.5) is 4.39 Å². The number of halogens is 1. The Morgan fingerprint density at radius 1 is 1.08 bits per heavy atom. The molecule has 5 rings (SSSR count). The number of rotatable bonds is 4. The molecule has 3 aliphatic carbocycles. The maximum absolute atomic E-state index is 14.2. The van der Waals surface area contributed by atoms with E-state index in [1.54, 1.807) is 6.07 Å². The van der Waals surface area contributed by atoms with Crippen molar-refractivity contribution in [1.82, 2.24) is 5.32 Å². The van der Waals surface area contributed by atoms with Gasteiger partial charge in [-0.3, -0.25) is 4.79 Å². The van der Waals surface area contributed by atoms with E-state index in [1.165, 1.54) is 56.8 Å². The van der Waals surface area contributed by atoms with E-state index in [0.717, 1.165) is 11.8 Å². The molecule has 4 heteroatoms. The number of carbonyl (C=O) groups excluding carboxylic acids is 1. The van der Waals surface area contributed by atoms with Gasteiger partial charge in [-0.15, -0.1) is 0 Å². The number of ether oxygens (including phenoxy) is 1. The Morgan fingerprint density at radius 2 is 1.81 bits per heavy atom. The molecule has 1 atom stereocenters. The van der Waals surface area contributed by atoms with Crippen molar-refractivity contribution in [2.75, 3.05) is 7.05 Å². The molecule has 26 heavy (non-hydrogen) atoms. The second-order valence-electron chi connectivity index (χ2n) is 7.52. The smallest absolute Gasteiger partial charge is 0.251 e. The highest BCUT2D eigenvalue weighted by atomic mass is 19.1. The van der Waals surface area contributed by atoms with Gasteiger partial charge in [0.05, 0.1) is 0 Å². The molecule has 1 unspecified atom stereocenters. The summed E-state index contributed by atoms with van der Waals surface area (Å²) in [7, 11) is 1.52. The van der Waals surface area contributed by atoms with Gasteiger partial charge in [0.1, 0.15) is 5.75 Å². The topological polar surface area (TPSA) is 38.3 Å². The van der Waals surface area contributed by atoms with Gasteiger partial charge in [-0.1, -0.05) is 25.0 Å². The summed E-state index contributed by atoms with van der Waals surface area (Å²) < 4.78 is 19.9. The van der Waals surface area contributed by atoms with Crippen LogP contribution in [-0.2, 0) is 0 Å². The van der Waals surface area contributed by atoms with Crippen LogP contribution in [0.5, 0.6) is 11.5 Å². The van der Waals surface area contributed by atoms with Gasteiger partial charge < -0.3 is 10.1 Å². The Balaban J connectivity index is 1.47. The highest BCUT2D eigenvalue weighted by molar-refractivity contribution is 5.94. The van der Waals surface area contributed by atoms with E-state index in [9.17, 15) is 9.18 Å². The molecule has 2 aromatic carbocycles. The van der Waals surface area contributed by atoms with Crippen molar-refractivity contribution in [2.45, 2.75) is 38.0 Å². The highest BCUT2D eigenvalue weighted by Crippen LogP contribution is 2.49. The van der Waals surface area contributed by atoms with Crippen molar-refractivity contribution in [3.05, 3.63) is 59.4 Å². The minimum Gasteiger partial charge on any atom is -0.454 e. The fraction of sp³-hybridized carbons (Fsp3) is 0.409. The SMILES string of the molecule is CNC(=O)c1ccc(Oc2ccc(C3CC4CCC3CC4)cc2)c(F)c1. The summed E-state index contributed by atoms with van der Waals surface area (Å²) >= 11 is 0. The summed E-state index contributed by atoms with van der Waals surface area (Å²) in [6, 6.07) is 12.3. The molecule has 0 radical (unpaired) electrons. The average Bonchev–Trinajstić information content (AvgIpc) is 2.70. The number of hydrogen-bond acceptors (Lipinski definition) is 2. The maximum atomic E-state index is 14.2. The van der Waals surface area contributed by atoms with Gasteiger partial charge >= 0.3 is 0 Å². The van der Waals surface area contributed by atoms with Crippen LogP contribution in [0.3, 0.4) is 0 Å². The number of amides is 1. The van der Waals surface area contributed by atoms with Crippen LogP contribution in [0.15, 0.2) is 42.5 Å². The standard InChI is InChI=1S/C22H24FNO2/c1-24-22(25)17-8-11-21(20(23)13-17)26-18-9-6-16(7-10-18)19-12-14-2-4-15(19)5-3-14/h6-11,13-15,19H,2-5,12H2,1H3,(H,24,25). The quantitative estimate of drug-likeness (QED) is 0.813. The van der Waals surface area contributed by atoms with Crippen LogP contribution < -0.4 is 10.1 Å². The van der Waals surface area contributed by atoms with Crippen LogP contribution in [-0.4, -0.2) is 13.0 Å². The molecule has 2 bridgehead atoms. The lowest BCUT2D eigenvalue weighted by Gasteiger charge is -2.42. The zero-order chi connectivity index (χ0) is 18.1. The predicted octanol–water partition coefficient (Wildman–Crippen LogP) is 5.27. The third-order valence-electron chi connectivity index (χ3n) is 6.00. The van der Waals surface area contributed by atoms with Crippen LogP contribution >= 0.6 is 0 Å². The molecule has 3 aliphatic rings. The lowest BCUT2D eigenvalue weighted by molar-refractivity contribution is 0.0962.